The summed E-state index contributed by atoms with van der Waals surface area (Å²) in [5.41, 5.74) is 7.64. The standard InChI is InChI=1S/C11H14N2O/c1-8(2)7-13-11(14)9-4-3-5-10(12)6-9/h3-6H,1,7,12H2,2H3,(H,13,14). The number of hydrogen-bond acceptors (Lipinski definition) is 2. The van der Waals surface area contributed by atoms with Gasteiger partial charge in [-0.1, -0.05) is 18.2 Å². The monoisotopic (exact) mass is 190 g/mol. The van der Waals surface area contributed by atoms with Crippen LogP contribution in [0.5, 0.6) is 0 Å². The molecule has 0 aromatic heterocycles. The highest BCUT2D eigenvalue weighted by atomic mass is 16.1. The molecular formula is C11H14N2O. The fourth-order valence-corrected chi connectivity index (χ4v) is 1.01. The van der Waals surface area contributed by atoms with Crippen LogP contribution in [0.2, 0.25) is 0 Å². The summed E-state index contributed by atoms with van der Waals surface area (Å²) in [6.07, 6.45) is 0. The van der Waals surface area contributed by atoms with Crippen molar-refractivity contribution in [2.24, 2.45) is 0 Å². The maximum Gasteiger partial charge on any atom is 0.251 e. The smallest absolute Gasteiger partial charge is 0.251 e. The van der Waals surface area contributed by atoms with E-state index >= 15 is 0 Å². The van der Waals surface area contributed by atoms with Crippen LogP contribution < -0.4 is 11.1 Å². The first kappa shape index (κ1) is 10.3. The van der Waals surface area contributed by atoms with E-state index in [9.17, 15) is 4.79 Å². The number of rotatable bonds is 3. The molecule has 0 saturated carbocycles. The summed E-state index contributed by atoms with van der Waals surface area (Å²) in [7, 11) is 0. The molecule has 0 fully saturated rings. The molecule has 1 aromatic rings. The minimum absolute atomic E-state index is 0.125. The Morgan fingerprint density at radius 1 is 1.57 bits per heavy atom. The third-order valence-electron chi connectivity index (χ3n) is 1.70. The van der Waals surface area contributed by atoms with Crippen LogP contribution in [-0.4, -0.2) is 12.5 Å². The van der Waals surface area contributed by atoms with Crippen molar-refractivity contribution in [1.82, 2.24) is 5.32 Å². The Bertz CT molecular complexity index is 358. The van der Waals surface area contributed by atoms with Crippen molar-refractivity contribution in [3.8, 4) is 0 Å². The van der Waals surface area contributed by atoms with Crippen molar-refractivity contribution in [2.45, 2.75) is 6.92 Å². The van der Waals surface area contributed by atoms with Gasteiger partial charge in [0.15, 0.2) is 0 Å². The third-order valence-corrected chi connectivity index (χ3v) is 1.70. The zero-order valence-corrected chi connectivity index (χ0v) is 8.21. The van der Waals surface area contributed by atoms with Gasteiger partial charge in [0.05, 0.1) is 0 Å². The molecule has 0 unspecified atom stereocenters. The van der Waals surface area contributed by atoms with E-state index in [1.165, 1.54) is 0 Å². The van der Waals surface area contributed by atoms with Crippen LogP contribution in [0.15, 0.2) is 36.4 Å². The van der Waals surface area contributed by atoms with Crippen molar-refractivity contribution in [2.75, 3.05) is 12.3 Å². The summed E-state index contributed by atoms with van der Waals surface area (Å²) in [6, 6.07) is 6.87. The Balaban J connectivity index is 2.65. The summed E-state index contributed by atoms with van der Waals surface area (Å²) < 4.78 is 0. The predicted molar refractivity (Wildman–Crippen MR) is 58.0 cm³/mol. The van der Waals surface area contributed by atoms with Crippen LogP contribution in [0, 0.1) is 0 Å². The van der Waals surface area contributed by atoms with Crippen molar-refractivity contribution in [1.29, 1.82) is 0 Å². The molecule has 14 heavy (non-hydrogen) atoms. The predicted octanol–water partition coefficient (Wildman–Crippen LogP) is 1.57. The number of benzene rings is 1. The number of amides is 1. The van der Waals surface area contributed by atoms with Gasteiger partial charge in [-0.15, -0.1) is 0 Å². The number of nitrogens with two attached hydrogens (primary N) is 1. The lowest BCUT2D eigenvalue weighted by Crippen LogP contribution is -2.24. The molecular weight excluding hydrogens is 176 g/mol. The Hall–Kier alpha value is -1.77. The summed E-state index contributed by atoms with van der Waals surface area (Å²) in [5, 5.41) is 2.73. The van der Waals surface area contributed by atoms with Crippen LogP contribution in [0.4, 0.5) is 5.69 Å². The average Bonchev–Trinajstić information content (AvgIpc) is 2.14. The van der Waals surface area contributed by atoms with E-state index in [1.54, 1.807) is 24.3 Å². The van der Waals surface area contributed by atoms with E-state index in [0.717, 1.165) is 5.57 Å². The number of hydrogen-bond donors (Lipinski definition) is 2. The highest BCUT2D eigenvalue weighted by Crippen LogP contribution is 2.06. The van der Waals surface area contributed by atoms with Gasteiger partial charge in [-0.2, -0.15) is 0 Å². The van der Waals surface area contributed by atoms with Gasteiger partial charge in [0, 0.05) is 17.8 Å². The molecule has 1 amide bonds. The van der Waals surface area contributed by atoms with Crippen molar-refractivity contribution < 1.29 is 4.79 Å². The molecule has 0 radical (unpaired) electrons. The van der Waals surface area contributed by atoms with E-state index < -0.39 is 0 Å². The lowest BCUT2D eigenvalue weighted by atomic mass is 10.2. The molecule has 0 spiro atoms. The van der Waals surface area contributed by atoms with Gasteiger partial charge < -0.3 is 11.1 Å². The van der Waals surface area contributed by atoms with E-state index in [2.05, 4.69) is 11.9 Å². The molecule has 3 heteroatoms. The van der Waals surface area contributed by atoms with Crippen LogP contribution in [-0.2, 0) is 0 Å². The van der Waals surface area contributed by atoms with E-state index in [1.807, 2.05) is 6.92 Å². The fraction of sp³-hybridized carbons (Fsp3) is 0.182. The van der Waals surface area contributed by atoms with Gasteiger partial charge >= 0.3 is 0 Å². The van der Waals surface area contributed by atoms with Crippen molar-refractivity contribution in [3.05, 3.63) is 42.0 Å². The molecule has 0 bridgehead atoms. The zero-order valence-electron chi connectivity index (χ0n) is 8.21. The van der Waals surface area contributed by atoms with Gasteiger partial charge in [0.2, 0.25) is 0 Å². The maximum atomic E-state index is 11.5. The number of nitrogens with one attached hydrogen (secondary N) is 1. The second-order valence-electron chi connectivity index (χ2n) is 3.27. The van der Waals surface area contributed by atoms with Gasteiger partial charge in [-0.05, 0) is 25.1 Å². The van der Waals surface area contributed by atoms with Crippen LogP contribution in [0.1, 0.15) is 17.3 Å². The second kappa shape index (κ2) is 4.46. The Kier molecular flexibility index (Phi) is 3.29. The molecule has 0 aliphatic rings. The molecule has 3 nitrogen and oxygen atoms in total. The maximum absolute atomic E-state index is 11.5. The Morgan fingerprint density at radius 2 is 2.29 bits per heavy atom. The molecule has 0 aliphatic heterocycles. The number of carbonyl (C=O) groups is 1. The van der Waals surface area contributed by atoms with Gasteiger partial charge in [0.25, 0.3) is 5.91 Å². The molecule has 3 N–H and O–H groups in total. The fourth-order valence-electron chi connectivity index (χ4n) is 1.01. The second-order valence-corrected chi connectivity index (χ2v) is 3.27. The minimum Gasteiger partial charge on any atom is -0.399 e. The highest BCUT2D eigenvalue weighted by molar-refractivity contribution is 5.95. The molecule has 0 heterocycles. The van der Waals surface area contributed by atoms with E-state index in [4.69, 9.17) is 5.73 Å². The average molecular weight is 190 g/mol. The minimum atomic E-state index is -0.125. The third kappa shape index (κ3) is 2.94. The Morgan fingerprint density at radius 3 is 2.86 bits per heavy atom. The first-order chi connectivity index (χ1) is 6.59. The molecule has 0 saturated heterocycles. The van der Waals surface area contributed by atoms with Gasteiger partial charge in [0.1, 0.15) is 0 Å². The van der Waals surface area contributed by atoms with Gasteiger partial charge in [-0.25, -0.2) is 0 Å². The Labute approximate surface area is 83.6 Å². The molecule has 1 rings (SSSR count). The zero-order chi connectivity index (χ0) is 10.6. The molecule has 0 atom stereocenters. The first-order valence-corrected chi connectivity index (χ1v) is 4.37. The summed E-state index contributed by atoms with van der Waals surface area (Å²) in [5.74, 6) is -0.125. The number of nitrogen functional groups attached to an aromatic ring is 1. The molecule has 74 valence electrons. The lowest BCUT2D eigenvalue weighted by Gasteiger charge is -2.04. The van der Waals surface area contributed by atoms with Crippen molar-refractivity contribution >= 4 is 11.6 Å². The molecule has 1 aromatic carbocycles. The summed E-state index contributed by atoms with van der Waals surface area (Å²) in [4.78, 5) is 11.5. The van der Waals surface area contributed by atoms with Crippen LogP contribution in [0.25, 0.3) is 0 Å². The highest BCUT2D eigenvalue weighted by Gasteiger charge is 2.03. The van der Waals surface area contributed by atoms with Crippen molar-refractivity contribution in [3.63, 3.8) is 0 Å². The summed E-state index contributed by atoms with van der Waals surface area (Å²) >= 11 is 0. The van der Waals surface area contributed by atoms with E-state index in [-0.39, 0.29) is 5.91 Å². The normalized spacial score (nSPS) is 9.50. The first-order valence-electron chi connectivity index (χ1n) is 4.37. The SMILES string of the molecule is C=C(C)CNC(=O)c1cccc(N)c1. The van der Waals surface area contributed by atoms with Crippen LogP contribution in [0.3, 0.4) is 0 Å². The topological polar surface area (TPSA) is 55.1 Å². The quantitative estimate of drug-likeness (QED) is 0.561. The number of anilines is 1. The molecule has 0 aliphatic carbocycles. The number of carbonyl (C=O) groups excluding carboxylic acids is 1. The lowest BCUT2D eigenvalue weighted by molar-refractivity contribution is 0.0957. The van der Waals surface area contributed by atoms with E-state index in [0.29, 0.717) is 17.8 Å². The van der Waals surface area contributed by atoms with Crippen LogP contribution >= 0.6 is 0 Å². The largest absolute Gasteiger partial charge is 0.399 e. The summed E-state index contributed by atoms with van der Waals surface area (Å²) in [6.45, 7) is 6.05. The van der Waals surface area contributed by atoms with Gasteiger partial charge in [-0.3, -0.25) is 4.79 Å².